The van der Waals surface area contributed by atoms with Crippen LogP contribution in [0.5, 0.6) is 5.88 Å². The number of nitrogens with zero attached hydrogens (tertiary/aromatic N) is 2. The van der Waals surface area contributed by atoms with E-state index in [1.54, 1.807) is 19.2 Å². The highest BCUT2D eigenvalue weighted by Gasteiger charge is 2.36. The van der Waals surface area contributed by atoms with E-state index in [4.69, 9.17) is 21.1 Å². The van der Waals surface area contributed by atoms with Crippen molar-refractivity contribution in [3.8, 4) is 11.6 Å². The van der Waals surface area contributed by atoms with Crippen LogP contribution in [0.4, 0.5) is 13.2 Å². The Morgan fingerprint density at radius 3 is 2.83 bits per heavy atom. The number of ether oxygens (including phenoxy) is 2. The number of amides is 1. The Balaban J connectivity index is 1.69. The fourth-order valence-corrected chi connectivity index (χ4v) is 3.01. The minimum Gasteiger partial charge on any atom is -0.467 e. The fourth-order valence-electron chi connectivity index (χ4n) is 2.79. The van der Waals surface area contributed by atoms with Crippen molar-refractivity contribution in [1.29, 1.82) is 0 Å². The smallest absolute Gasteiger partial charge is 0.435 e. The van der Waals surface area contributed by atoms with Gasteiger partial charge in [-0.05, 0) is 24.1 Å². The molecule has 0 spiro atoms. The van der Waals surface area contributed by atoms with Crippen LogP contribution in [0.1, 0.15) is 12.1 Å². The molecule has 6 nitrogen and oxygen atoms in total. The van der Waals surface area contributed by atoms with Crippen LogP contribution in [-0.2, 0) is 15.7 Å². The van der Waals surface area contributed by atoms with E-state index < -0.39 is 24.4 Å². The maximum absolute atomic E-state index is 13.1. The maximum Gasteiger partial charge on any atom is 0.435 e. The predicted molar refractivity (Wildman–Crippen MR) is 105 cm³/mol. The predicted octanol–water partition coefficient (Wildman–Crippen LogP) is 3.94. The second-order valence-corrected chi connectivity index (χ2v) is 6.86. The Morgan fingerprint density at radius 2 is 2.13 bits per heavy atom. The zero-order valence-electron chi connectivity index (χ0n) is 15.9. The molecule has 1 aromatic carbocycles. The minimum atomic E-state index is -4.68. The highest BCUT2D eigenvalue weighted by molar-refractivity contribution is 6.32. The number of alkyl halides is 3. The first-order valence-corrected chi connectivity index (χ1v) is 9.37. The summed E-state index contributed by atoms with van der Waals surface area (Å²) in [5, 5.41) is 6.39. The third-order valence-corrected chi connectivity index (χ3v) is 4.61. The number of benzene rings is 1. The van der Waals surface area contributed by atoms with E-state index in [-0.39, 0.29) is 29.2 Å². The number of hydrogen-bond donors (Lipinski definition) is 1. The number of carbonyl (C=O) groups is 1. The van der Waals surface area contributed by atoms with E-state index in [2.05, 4.69) is 10.4 Å². The molecule has 30 heavy (non-hydrogen) atoms. The zero-order chi connectivity index (χ0) is 21.7. The number of carbonyl (C=O) groups excluding carboxylic acids is 1. The maximum atomic E-state index is 13.1. The van der Waals surface area contributed by atoms with Gasteiger partial charge in [-0.25, -0.2) is 0 Å². The summed E-state index contributed by atoms with van der Waals surface area (Å²) in [6, 6.07) is 6.98. The van der Waals surface area contributed by atoms with E-state index in [0.717, 1.165) is 22.7 Å². The first-order chi connectivity index (χ1) is 14.3. The molecule has 0 saturated heterocycles. The molecule has 1 N–H and O–H groups in total. The Morgan fingerprint density at radius 1 is 1.37 bits per heavy atom. The van der Waals surface area contributed by atoms with Crippen molar-refractivity contribution in [2.24, 2.45) is 0 Å². The van der Waals surface area contributed by atoms with E-state index in [1.807, 2.05) is 18.2 Å². The Kier molecular flexibility index (Phi) is 6.84. The average Bonchev–Trinajstić information content (AvgIpc) is 3.16. The summed E-state index contributed by atoms with van der Waals surface area (Å²) < 4.78 is 50.9. The van der Waals surface area contributed by atoms with E-state index in [1.165, 1.54) is 12.1 Å². The molecule has 0 saturated carbocycles. The molecule has 1 unspecified atom stereocenters. The van der Waals surface area contributed by atoms with Crippen LogP contribution in [0.3, 0.4) is 0 Å². The molecule has 0 bridgehead atoms. The molecule has 0 radical (unpaired) electrons. The van der Waals surface area contributed by atoms with Crippen LogP contribution in [0.15, 0.2) is 54.1 Å². The lowest BCUT2D eigenvalue weighted by molar-refractivity contribution is -0.141. The lowest BCUT2D eigenvalue weighted by atomic mass is 10.0. The van der Waals surface area contributed by atoms with Crippen molar-refractivity contribution in [2.75, 3.05) is 20.3 Å². The summed E-state index contributed by atoms with van der Waals surface area (Å²) in [6.45, 7) is -0.242. The normalized spacial score (nSPS) is 16.3. The molecule has 1 aliphatic rings. The van der Waals surface area contributed by atoms with Crippen LogP contribution >= 0.6 is 11.6 Å². The summed E-state index contributed by atoms with van der Waals surface area (Å²) >= 11 is 6.08. The van der Waals surface area contributed by atoms with E-state index >= 15 is 0 Å². The number of methoxy groups -OCH3 is 1. The molecular formula is C20H19ClF3N3O3. The van der Waals surface area contributed by atoms with Gasteiger partial charge >= 0.3 is 6.18 Å². The third-order valence-electron chi connectivity index (χ3n) is 4.29. The van der Waals surface area contributed by atoms with E-state index in [0.29, 0.717) is 0 Å². The topological polar surface area (TPSA) is 65.4 Å². The van der Waals surface area contributed by atoms with Gasteiger partial charge in [-0.1, -0.05) is 42.0 Å². The van der Waals surface area contributed by atoms with Crippen molar-refractivity contribution in [3.63, 3.8) is 0 Å². The second kappa shape index (κ2) is 9.36. The van der Waals surface area contributed by atoms with E-state index in [9.17, 15) is 18.0 Å². The van der Waals surface area contributed by atoms with Crippen molar-refractivity contribution < 1.29 is 27.4 Å². The van der Waals surface area contributed by atoms with Crippen LogP contribution in [0.25, 0.3) is 5.69 Å². The van der Waals surface area contributed by atoms with Crippen molar-refractivity contribution >= 4 is 17.5 Å². The van der Waals surface area contributed by atoms with Crippen LogP contribution in [-0.4, -0.2) is 42.1 Å². The molecular weight excluding hydrogens is 423 g/mol. The van der Waals surface area contributed by atoms with Gasteiger partial charge in [-0.2, -0.15) is 23.0 Å². The molecule has 1 heterocycles. The lowest BCUT2D eigenvalue weighted by Crippen LogP contribution is -2.31. The first-order valence-electron chi connectivity index (χ1n) is 8.99. The van der Waals surface area contributed by atoms with Crippen molar-refractivity contribution in [2.45, 2.75) is 18.7 Å². The van der Waals surface area contributed by atoms with Crippen LogP contribution < -0.4 is 10.1 Å². The van der Waals surface area contributed by atoms with Crippen LogP contribution in [0, 0.1) is 0 Å². The number of hydrogen-bond acceptors (Lipinski definition) is 4. The number of para-hydroxylation sites is 1. The lowest BCUT2D eigenvalue weighted by Gasteiger charge is -2.15. The van der Waals surface area contributed by atoms with Gasteiger partial charge in [0.15, 0.2) is 12.3 Å². The van der Waals surface area contributed by atoms with Gasteiger partial charge in [-0.3, -0.25) is 4.79 Å². The standard InChI is InChI=1S/C20H19ClF3N3O3/c1-29-14-6-4-5-13(9-14)11-25-18(28)12-30-19-10-17(20(22,23)24)26-27(19)16-8-3-2-7-15(16)21/h2-5,7-10,14H,6,11-12H2,1H3,(H,25,28). The molecule has 1 amide bonds. The molecule has 1 aromatic heterocycles. The van der Waals surface area contributed by atoms with Crippen molar-refractivity contribution in [3.05, 3.63) is 64.8 Å². The summed E-state index contributed by atoms with van der Waals surface area (Å²) in [4.78, 5) is 12.1. The fraction of sp³-hybridized carbons (Fsp3) is 0.300. The highest BCUT2D eigenvalue weighted by Crippen LogP contribution is 2.33. The molecule has 2 aromatic rings. The average molecular weight is 442 g/mol. The zero-order valence-corrected chi connectivity index (χ0v) is 16.7. The molecule has 1 aliphatic carbocycles. The first kappa shape index (κ1) is 21.9. The Labute approximate surface area is 175 Å². The Bertz CT molecular complexity index is 970. The van der Waals surface area contributed by atoms with Gasteiger partial charge in [0.05, 0.1) is 16.8 Å². The number of rotatable bonds is 7. The molecule has 0 aliphatic heterocycles. The minimum absolute atomic E-state index is 0.0519. The monoisotopic (exact) mass is 441 g/mol. The summed E-state index contributed by atoms with van der Waals surface area (Å²) in [7, 11) is 1.60. The van der Waals surface area contributed by atoms with Gasteiger partial charge in [0.25, 0.3) is 5.91 Å². The molecule has 10 heteroatoms. The summed E-state index contributed by atoms with van der Waals surface area (Å²) in [5.74, 6) is -0.744. The number of aromatic nitrogens is 2. The molecule has 3 rings (SSSR count). The number of halogens is 4. The quantitative estimate of drug-likeness (QED) is 0.707. The van der Waals surface area contributed by atoms with Crippen LogP contribution in [0.2, 0.25) is 5.02 Å². The summed E-state index contributed by atoms with van der Waals surface area (Å²) in [6.07, 6.45) is 1.73. The second-order valence-electron chi connectivity index (χ2n) is 6.45. The van der Waals surface area contributed by atoms with Crippen molar-refractivity contribution in [1.82, 2.24) is 15.1 Å². The SMILES string of the molecule is COC1C=C(CNC(=O)COc2cc(C(F)(F)F)nn2-c2ccccc2Cl)C=CC1. The number of nitrogens with one attached hydrogen (secondary N) is 1. The molecule has 0 fully saturated rings. The molecule has 1 atom stereocenters. The largest absolute Gasteiger partial charge is 0.467 e. The van der Waals surface area contributed by atoms with Gasteiger partial charge in [-0.15, -0.1) is 0 Å². The Hall–Kier alpha value is -2.78. The van der Waals surface area contributed by atoms with Gasteiger partial charge in [0.2, 0.25) is 5.88 Å². The van der Waals surface area contributed by atoms with Gasteiger partial charge in [0.1, 0.15) is 0 Å². The summed E-state index contributed by atoms with van der Waals surface area (Å²) in [5.41, 5.74) is -0.0870. The third kappa shape index (κ3) is 5.43. The highest BCUT2D eigenvalue weighted by atomic mass is 35.5. The molecule has 160 valence electrons. The van der Waals surface area contributed by atoms with Gasteiger partial charge < -0.3 is 14.8 Å². The van der Waals surface area contributed by atoms with Gasteiger partial charge in [0, 0.05) is 19.7 Å².